The topological polar surface area (TPSA) is 174 Å². The van der Waals surface area contributed by atoms with Crippen LogP contribution in [0.15, 0.2) is 89.2 Å². The predicted octanol–water partition coefficient (Wildman–Crippen LogP) is 4.56. The number of non-ortho nitro benzene ring substituents is 1. The van der Waals surface area contributed by atoms with E-state index in [0.29, 0.717) is 39.2 Å². The van der Waals surface area contributed by atoms with Crippen LogP contribution >= 0.6 is 12.4 Å². The van der Waals surface area contributed by atoms with E-state index in [0.717, 1.165) is 5.56 Å². The molecule has 0 atom stereocenters. The lowest BCUT2D eigenvalue weighted by Crippen LogP contribution is -2.22. The average molecular weight is 519 g/mol. The van der Waals surface area contributed by atoms with Crippen LogP contribution in [-0.4, -0.2) is 27.5 Å². The highest BCUT2D eigenvalue weighted by Gasteiger charge is 2.11. The molecule has 0 aliphatic carbocycles. The summed E-state index contributed by atoms with van der Waals surface area (Å²) < 4.78 is 0. The highest BCUT2D eigenvalue weighted by molar-refractivity contribution is 6.05. The quantitative estimate of drug-likeness (QED) is 0.120. The number of anilines is 3. The smallest absolute Gasteiger partial charge is 0.270 e. The van der Waals surface area contributed by atoms with Crippen molar-refractivity contribution in [3.63, 3.8) is 0 Å². The summed E-state index contributed by atoms with van der Waals surface area (Å²) in [4.78, 5) is 27.6. The van der Waals surface area contributed by atoms with E-state index >= 15 is 0 Å². The third-order valence-corrected chi connectivity index (χ3v) is 5.24. The largest absolute Gasteiger partial charge is 0.369 e. The van der Waals surface area contributed by atoms with Crippen molar-refractivity contribution in [3.8, 4) is 0 Å². The van der Waals surface area contributed by atoms with Gasteiger partial charge in [-0.25, -0.2) is 0 Å². The molecule has 0 saturated carbocycles. The lowest BCUT2D eigenvalue weighted by atomic mass is 10.1. The van der Waals surface area contributed by atoms with Crippen molar-refractivity contribution in [3.05, 3.63) is 100 Å². The van der Waals surface area contributed by atoms with Crippen LogP contribution in [0.4, 0.5) is 22.7 Å². The molecule has 0 bridgehead atoms. The van der Waals surface area contributed by atoms with E-state index in [1.165, 1.54) is 12.1 Å². The van der Waals surface area contributed by atoms with Gasteiger partial charge in [0.1, 0.15) is 0 Å². The van der Waals surface area contributed by atoms with Gasteiger partial charge in [-0.3, -0.25) is 19.9 Å². The van der Waals surface area contributed by atoms with Gasteiger partial charge in [0.05, 0.1) is 16.2 Å². The SMILES string of the molecule is CC(=NN=C(N)N)c1ccc(NC(=O)c2ccc(Nc3ccnc4ccc([N+](=O)[O-])cc34)cc2)cc1.Cl. The summed E-state index contributed by atoms with van der Waals surface area (Å²) in [5.74, 6) is -0.400. The van der Waals surface area contributed by atoms with Crippen LogP contribution < -0.4 is 22.1 Å². The first-order valence-corrected chi connectivity index (χ1v) is 10.8. The van der Waals surface area contributed by atoms with Crippen LogP contribution in [-0.2, 0) is 0 Å². The lowest BCUT2D eigenvalue weighted by Gasteiger charge is -2.11. The first kappa shape index (κ1) is 26.6. The summed E-state index contributed by atoms with van der Waals surface area (Å²) in [5.41, 5.74) is 15.1. The zero-order chi connectivity index (χ0) is 25.7. The fourth-order valence-electron chi connectivity index (χ4n) is 3.41. The van der Waals surface area contributed by atoms with Crippen LogP contribution in [0.5, 0.6) is 0 Å². The number of nitrogens with one attached hydrogen (secondary N) is 2. The maximum atomic E-state index is 12.7. The van der Waals surface area contributed by atoms with E-state index < -0.39 is 4.92 Å². The van der Waals surface area contributed by atoms with Crippen LogP contribution in [0.25, 0.3) is 10.9 Å². The standard InChI is InChI=1S/C25H22N8O3.ClH/c1-15(31-32-25(26)27)16-2-6-19(7-3-16)30-24(34)17-4-8-18(9-5-17)29-23-12-13-28-22-11-10-20(33(35)36)14-21(22)23;/h2-14H,1H3,(H,28,29)(H,30,34)(H4,26,27,32);1H. The fourth-order valence-corrected chi connectivity index (χ4v) is 3.41. The number of guanidine groups is 1. The number of pyridine rings is 1. The number of fused-ring (bicyclic) bond motifs is 1. The number of nitro groups is 1. The Morgan fingerprint density at radius 1 is 0.919 bits per heavy atom. The predicted molar refractivity (Wildman–Crippen MR) is 148 cm³/mol. The Kier molecular flexibility index (Phi) is 8.33. The third-order valence-electron chi connectivity index (χ3n) is 5.24. The Morgan fingerprint density at radius 2 is 1.57 bits per heavy atom. The zero-order valence-electron chi connectivity index (χ0n) is 19.6. The number of amides is 1. The first-order chi connectivity index (χ1) is 17.3. The normalized spacial score (nSPS) is 10.8. The fraction of sp³-hybridized carbons (Fsp3) is 0.0400. The minimum atomic E-state index is -0.446. The van der Waals surface area contributed by atoms with E-state index in [4.69, 9.17) is 11.5 Å². The molecule has 12 heteroatoms. The van der Waals surface area contributed by atoms with Gasteiger partial charge in [0.2, 0.25) is 5.96 Å². The van der Waals surface area contributed by atoms with E-state index in [9.17, 15) is 14.9 Å². The Balaban J connectivity index is 0.00000380. The molecular formula is C25H23ClN8O3. The van der Waals surface area contributed by atoms with Crippen LogP contribution in [0.2, 0.25) is 0 Å². The molecule has 1 heterocycles. The Bertz CT molecular complexity index is 1500. The molecular weight excluding hydrogens is 496 g/mol. The van der Waals surface area contributed by atoms with E-state index in [-0.39, 0.29) is 30.0 Å². The molecule has 11 nitrogen and oxygen atoms in total. The molecule has 0 unspecified atom stereocenters. The molecule has 0 aliphatic rings. The Hall–Kier alpha value is -5.03. The van der Waals surface area contributed by atoms with Crippen LogP contribution in [0.3, 0.4) is 0 Å². The van der Waals surface area contributed by atoms with Crippen molar-refractivity contribution in [2.24, 2.45) is 21.7 Å². The number of nitro benzene ring substituents is 1. The van der Waals surface area contributed by atoms with Crippen LogP contribution in [0, 0.1) is 10.1 Å². The molecule has 37 heavy (non-hydrogen) atoms. The molecule has 1 aromatic heterocycles. The molecule has 188 valence electrons. The molecule has 6 N–H and O–H groups in total. The number of carbonyl (C=O) groups is 1. The number of carbonyl (C=O) groups excluding carboxylic acids is 1. The van der Waals surface area contributed by atoms with Crippen molar-refractivity contribution in [2.45, 2.75) is 6.92 Å². The van der Waals surface area contributed by atoms with Gasteiger partial charge in [-0.15, -0.1) is 17.5 Å². The summed E-state index contributed by atoms with van der Waals surface area (Å²) in [6.07, 6.45) is 1.62. The third kappa shape index (κ3) is 6.55. The van der Waals surface area contributed by atoms with Crippen LogP contribution in [0.1, 0.15) is 22.8 Å². The minimum absolute atomic E-state index is 0. The van der Waals surface area contributed by atoms with Gasteiger partial charge in [0.25, 0.3) is 11.6 Å². The second kappa shape index (κ2) is 11.6. The summed E-state index contributed by atoms with van der Waals surface area (Å²) >= 11 is 0. The van der Waals surface area contributed by atoms with Crippen molar-refractivity contribution in [1.29, 1.82) is 0 Å². The monoisotopic (exact) mass is 518 g/mol. The van der Waals surface area contributed by atoms with Gasteiger partial charge in [-0.2, -0.15) is 5.10 Å². The molecule has 1 amide bonds. The molecule has 0 saturated heterocycles. The Labute approximate surface area is 217 Å². The van der Waals surface area contributed by atoms with E-state index in [2.05, 4.69) is 25.8 Å². The number of aromatic nitrogens is 1. The number of halogens is 1. The highest BCUT2D eigenvalue weighted by atomic mass is 35.5. The number of hydrogen-bond donors (Lipinski definition) is 4. The van der Waals surface area contributed by atoms with Gasteiger partial charge in [-0.1, -0.05) is 12.1 Å². The first-order valence-electron chi connectivity index (χ1n) is 10.8. The highest BCUT2D eigenvalue weighted by Crippen LogP contribution is 2.28. The maximum Gasteiger partial charge on any atom is 0.270 e. The molecule has 4 aromatic rings. The summed E-state index contributed by atoms with van der Waals surface area (Å²) in [6, 6.07) is 20.2. The summed E-state index contributed by atoms with van der Waals surface area (Å²) in [7, 11) is 0. The number of benzene rings is 3. The average Bonchev–Trinajstić information content (AvgIpc) is 2.88. The number of nitrogens with two attached hydrogens (primary N) is 2. The van der Waals surface area contributed by atoms with E-state index in [1.54, 1.807) is 73.8 Å². The van der Waals surface area contributed by atoms with Gasteiger partial charge >= 0.3 is 0 Å². The minimum Gasteiger partial charge on any atom is -0.369 e. The molecule has 0 radical (unpaired) electrons. The molecule has 3 aromatic carbocycles. The molecule has 4 rings (SSSR count). The molecule has 0 fully saturated rings. The number of nitrogens with zero attached hydrogens (tertiary/aromatic N) is 4. The van der Waals surface area contributed by atoms with Crippen molar-refractivity contribution in [2.75, 3.05) is 10.6 Å². The summed E-state index contributed by atoms with van der Waals surface area (Å²) in [6.45, 7) is 1.77. The molecule has 0 spiro atoms. The van der Waals surface area contributed by atoms with Crippen molar-refractivity contribution >= 4 is 63.6 Å². The lowest BCUT2D eigenvalue weighted by molar-refractivity contribution is -0.384. The van der Waals surface area contributed by atoms with E-state index in [1.807, 2.05) is 0 Å². The maximum absolute atomic E-state index is 12.7. The van der Waals surface area contributed by atoms with Gasteiger partial charge in [-0.05, 0) is 61.0 Å². The molecule has 0 aliphatic heterocycles. The Morgan fingerprint density at radius 3 is 2.22 bits per heavy atom. The van der Waals surface area contributed by atoms with Crippen molar-refractivity contribution < 1.29 is 9.72 Å². The second-order valence-electron chi connectivity index (χ2n) is 7.76. The summed E-state index contributed by atoms with van der Waals surface area (Å²) in [5, 5.41) is 25.4. The second-order valence-corrected chi connectivity index (χ2v) is 7.76. The van der Waals surface area contributed by atoms with Crippen molar-refractivity contribution in [1.82, 2.24) is 4.98 Å². The number of rotatable bonds is 7. The van der Waals surface area contributed by atoms with Gasteiger partial charge < -0.3 is 22.1 Å². The number of hydrogen-bond acceptors (Lipinski definition) is 7. The van der Waals surface area contributed by atoms with Gasteiger partial charge in [0, 0.05) is 46.3 Å². The zero-order valence-corrected chi connectivity index (χ0v) is 20.4. The van der Waals surface area contributed by atoms with Gasteiger partial charge in [0.15, 0.2) is 0 Å².